The molecule has 2 unspecified atom stereocenters. The highest BCUT2D eigenvalue weighted by Crippen LogP contribution is 2.65. The number of amidine groups is 1. The third-order valence-electron chi connectivity index (χ3n) is 9.81. The number of piperidine rings is 1. The fourth-order valence-corrected chi connectivity index (χ4v) is 6.82. The number of carbonyl (C=O) groups excluding carboxylic acids is 6. The highest BCUT2D eigenvalue weighted by Gasteiger charge is 2.69. The van der Waals surface area contributed by atoms with Gasteiger partial charge in [0.05, 0.1) is 6.04 Å². The van der Waals surface area contributed by atoms with Crippen molar-refractivity contribution < 1.29 is 33.5 Å². The van der Waals surface area contributed by atoms with Gasteiger partial charge in [-0.05, 0) is 62.3 Å². The Labute approximate surface area is 308 Å². The minimum absolute atomic E-state index is 0.0419. The number of amides is 5. The number of nitrogens with zero attached hydrogens (tertiary/aromatic N) is 3. The zero-order chi connectivity index (χ0) is 39.5. The lowest BCUT2D eigenvalue weighted by molar-refractivity contribution is -0.140. The van der Waals surface area contributed by atoms with Crippen LogP contribution in [-0.2, 0) is 28.7 Å². The Hall–Kier alpha value is -4.49. The van der Waals surface area contributed by atoms with Crippen molar-refractivity contribution in [3.8, 4) is 0 Å². The molecule has 2 aliphatic rings. The summed E-state index contributed by atoms with van der Waals surface area (Å²) in [5.41, 5.74) is 5.65. The first-order valence-electron chi connectivity index (χ1n) is 18.0. The zero-order valence-electron chi connectivity index (χ0n) is 32.8. The van der Waals surface area contributed by atoms with E-state index in [0.717, 1.165) is 0 Å². The summed E-state index contributed by atoms with van der Waals surface area (Å²) in [5.74, 6) is -3.13. The number of ether oxygens (including phenoxy) is 1. The molecule has 1 aliphatic heterocycles. The number of Topliss-reactive ketones (excluding diaryl/α,β-unsaturated/α-hetero) is 1. The van der Waals surface area contributed by atoms with Crippen molar-refractivity contribution in [3.63, 3.8) is 0 Å². The molecule has 0 aromatic heterocycles. The lowest BCUT2D eigenvalue weighted by Crippen LogP contribution is -2.59. The Morgan fingerprint density at radius 1 is 1.00 bits per heavy atom. The smallest absolute Gasteiger partial charge is 0.408 e. The minimum Gasteiger partial charge on any atom is -0.444 e. The predicted molar refractivity (Wildman–Crippen MR) is 198 cm³/mol. The molecule has 1 aromatic carbocycles. The van der Waals surface area contributed by atoms with Crippen molar-refractivity contribution in [1.82, 2.24) is 25.8 Å². The van der Waals surface area contributed by atoms with E-state index in [1.807, 2.05) is 27.7 Å². The average Bonchev–Trinajstić information content (AvgIpc) is 3.34. The van der Waals surface area contributed by atoms with Gasteiger partial charge in [-0.1, -0.05) is 78.3 Å². The maximum Gasteiger partial charge on any atom is 0.408 e. The van der Waals surface area contributed by atoms with Crippen LogP contribution in [0.1, 0.15) is 93.7 Å². The lowest BCUT2D eigenvalue weighted by atomic mass is 9.85. The van der Waals surface area contributed by atoms with Gasteiger partial charge in [-0.15, -0.1) is 0 Å². The number of benzene rings is 1. The largest absolute Gasteiger partial charge is 0.444 e. The highest BCUT2D eigenvalue weighted by molar-refractivity contribution is 6.38. The fourth-order valence-electron chi connectivity index (χ4n) is 6.82. The van der Waals surface area contributed by atoms with Crippen molar-refractivity contribution in [2.75, 3.05) is 20.6 Å². The molecule has 5 amide bonds. The molecule has 7 atom stereocenters. The first kappa shape index (κ1) is 41.9. The van der Waals surface area contributed by atoms with Gasteiger partial charge < -0.3 is 36.2 Å². The Kier molecular flexibility index (Phi) is 12.9. The Morgan fingerprint density at radius 2 is 1.60 bits per heavy atom. The number of alkyl carbamates (subject to hydrolysis) is 1. The topological polar surface area (TPSA) is 193 Å². The van der Waals surface area contributed by atoms with Crippen LogP contribution in [0, 0.1) is 22.7 Å². The highest BCUT2D eigenvalue weighted by atomic mass is 16.6. The molecule has 3 rings (SSSR count). The molecule has 1 aliphatic carbocycles. The van der Waals surface area contributed by atoms with E-state index in [9.17, 15) is 28.8 Å². The van der Waals surface area contributed by atoms with Crippen LogP contribution in [0.4, 0.5) is 4.79 Å². The standard InChI is InChI=1S/C38H59N7O7/c1-13-17-24(28(46)32(48)40-21(2)31(47)42-26(33(49)44(11)12)22-18-15-14-16-19-22)41-30(39)27-25-23(38(25,9)10)20-45(27)34(50)29(36(3,4)5)43-35(51)52-37(6,7)8/h14-16,18-19,21,23-27,29H,13,17,20H2,1-12H3,(H2,39,41)(H,40,48)(H,42,47)(H,43,51)/t21-,23-,24?,25-,26?,27-,29+/m0/s1. The van der Waals surface area contributed by atoms with Crippen LogP contribution in [0.15, 0.2) is 35.3 Å². The molecule has 288 valence electrons. The van der Waals surface area contributed by atoms with Crippen molar-refractivity contribution in [1.29, 1.82) is 0 Å². The molecular formula is C38H59N7O7. The molecule has 5 N–H and O–H groups in total. The third-order valence-corrected chi connectivity index (χ3v) is 9.81. The monoisotopic (exact) mass is 725 g/mol. The van der Waals surface area contributed by atoms with Gasteiger partial charge in [0.25, 0.3) is 5.91 Å². The van der Waals surface area contributed by atoms with Gasteiger partial charge in [0.2, 0.25) is 23.5 Å². The number of hydrogen-bond donors (Lipinski definition) is 4. The molecule has 14 nitrogen and oxygen atoms in total. The van der Waals surface area contributed by atoms with Crippen molar-refractivity contribution in [3.05, 3.63) is 35.9 Å². The minimum atomic E-state index is -1.16. The quantitative estimate of drug-likeness (QED) is 0.136. The van der Waals surface area contributed by atoms with E-state index < -0.39 is 64.9 Å². The van der Waals surface area contributed by atoms with E-state index in [4.69, 9.17) is 10.5 Å². The van der Waals surface area contributed by atoms with Crippen molar-refractivity contribution in [2.45, 2.75) is 118 Å². The third kappa shape index (κ3) is 9.88. The average molecular weight is 726 g/mol. The summed E-state index contributed by atoms with van der Waals surface area (Å²) in [6.45, 7) is 18.6. The number of fused-ring (bicyclic) bond motifs is 1. The van der Waals surface area contributed by atoms with Crippen LogP contribution in [0.2, 0.25) is 0 Å². The summed E-state index contributed by atoms with van der Waals surface area (Å²) in [6.07, 6.45) is -0.0196. The van der Waals surface area contributed by atoms with Gasteiger partial charge >= 0.3 is 6.09 Å². The summed E-state index contributed by atoms with van der Waals surface area (Å²) >= 11 is 0. The van der Waals surface area contributed by atoms with E-state index in [2.05, 4.69) is 34.8 Å². The van der Waals surface area contributed by atoms with Gasteiger partial charge in [-0.3, -0.25) is 29.0 Å². The number of likely N-dealkylation sites (tertiary alicyclic amines) is 1. The van der Waals surface area contributed by atoms with Gasteiger partial charge in [-0.25, -0.2) is 4.79 Å². The first-order valence-corrected chi connectivity index (χ1v) is 18.0. The first-order chi connectivity index (χ1) is 23.9. The number of nitrogens with one attached hydrogen (secondary N) is 3. The molecule has 0 spiro atoms. The maximum atomic E-state index is 14.2. The molecule has 1 aromatic rings. The van der Waals surface area contributed by atoms with Crippen LogP contribution in [0.5, 0.6) is 0 Å². The SMILES string of the molecule is CCCC(N=C(N)[C@@H]1[C@@H]2[C@H](CN1C(=O)[C@@H](NC(=O)OC(C)(C)C)C(C)(C)C)C2(C)C)C(=O)C(=O)N[C@@H](C)C(=O)NC(C(=O)N(C)C)c1ccccc1. The number of carbonyl (C=O) groups is 6. The van der Waals surface area contributed by atoms with Gasteiger partial charge in [0, 0.05) is 20.6 Å². The molecule has 0 bridgehead atoms. The molecular weight excluding hydrogens is 666 g/mol. The summed E-state index contributed by atoms with van der Waals surface area (Å²) in [5, 5.41) is 7.90. The van der Waals surface area contributed by atoms with E-state index in [-0.39, 0.29) is 41.3 Å². The molecule has 14 heteroatoms. The maximum absolute atomic E-state index is 14.2. The van der Waals surface area contributed by atoms with Crippen LogP contribution in [-0.4, -0.2) is 102 Å². The predicted octanol–water partition coefficient (Wildman–Crippen LogP) is 2.95. The Balaban J connectivity index is 1.82. The van der Waals surface area contributed by atoms with Crippen LogP contribution in [0.3, 0.4) is 0 Å². The molecule has 0 radical (unpaired) electrons. The van der Waals surface area contributed by atoms with Crippen LogP contribution >= 0.6 is 0 Å². The van der Waals surface area contributed by atoms with Crippen molar-refractivity contribution >= 4 is 41.3 Å². The van der Waals surface area contributed by atoms with Crippen molar-refractivity contribution in [2.24, 2.45) is 33.4 Å². The molecule has 1 saturated carbocycles. The second-order valence-electron chi connectivity index (χ2n) is 16.8. The molecule has 2 fully saturated rings. The van der Waals surface area contributed by atoms with Crippen LogP contribution < -0.4 is 21.7 Å². The number of aliphatic imine (C=N–C) groups is 1. The summed E-state index contributed by atoms with van der Waals surface area (Å²) in [7, 11) is 3.15. The number of hydrogen-bond acceptors (Lipinski definition) is 8. The second-order valence-corrected chi connectivity index (χ2v) is 16.8. The second kappa shape index (κ2) is 16.0. The normalized spacial score (nSPS) is 21.8. The number of likely N-dealkylation sites (N-methyl/N-ethyl adjacent to an activating group) is 1. The van der Waals surface area contributed by atoms with E-state index in [0.29, 0.717) is 18.5 Å². The molecule has 52 heavy (non-hydrogen) atoms. The molecule has 1 heterocycles. The van der Waals surface area contributed by atoms with E-state index in [1.165, 1.54) is 11.8 Å². The lowest BCUT2D eigenvalue weighted by Gasteiger charge is -2.38. The van der Waals surface area contributed by atoms with Gasteiger partial charge in [-0.2, -0.15) is 0 Å². The van der Waals surface area contributed by atoms with Gasteiger partial charge in [0.1, 0.15) is 35.6 Å². The summed E-state index contributed by atoms with van der Waals surface area (Å²) < 4.78 is 5.46. The van der Waals surface area contributed by atoms with E-state index >= 15 is 0 Å². The van der Waals surface area contributed by atoms with Crippen LogP contribution in [0.25, 0.3) is 0 Å². The summed E-state index contributed by atoms with van der Waals surface area (Å²) in [4.78, 5) is 87.6. The number of nitrogens with two attached hydrogens (primary N) is 1. The zero-order valence-corrected chi connectivity index (χ0v) is 32.8. The number of rotatable bonds is 13. The Morgan fingerprint density at radius 3 is 2.12 bits per heavy atom. The Bertz CT molecular complexity index is 1540. The van der Waals surface area contributed by atoms with Gasteiger partial charge in [0.15, 0.2) is 0 Å². The number of ketones is 1. The molecule has 1 saturated heterocycles. The fraction of sp³-hybridized carbons (Fsp3) is 0.658. The van der Waals surface area contributed by atoms with E-state index in [1.54, 1.807) is 70.1 Å². The summed E-state index contributed by atoms with van der Waals surface area (Å²) in [6, 6.07) is 3.77.